The van der Waals surface area contributed by atoms with Gasteiger partial charge in [-0.15, -0.1) is 0 Å². The van der Waals surface area contributed by atoms with Crippen LogP contribution in [0.4, 0.5) is 5.69 Å². The third kappa shape index (κ3) is 3.40. The minimum atomic E-state index is -3.39. The fourth-order valence-corrected chi connectivity index (χ4v) is 4.25. The van der Waals surface area contributed by atoms with E-state index in [4.69, 9.17) is 0 Å². The Hall–Kier alpha value is -1.07. The molecule has 0 atom stereocenters. The third-order valence-corrected chi connectivity index (χ3v) is 6.21. The zero-order valence-corrected chi connectivity index (χ0v) is 13.5. The summed E-state index contributed by atoms with van der Waals surface area (Å²) >= 11 is 0. The summed E-state index contributed by atoms with van der Waals surface area (Å²) < 4.78 is 26.7. The van der Waals surface area contributed by atoms with E-state index in [1.165, 1.54) is 25.7 Å². The normalized spacial score (nSPS) is 20.5. The molecule has 0 amide bonds. The van der Waals surface area contributed by atoms with E-state index in [0.717, 1.165) is 18.2 Å². The topological polar surface area (TPSA) is 58.2 Å². The van der Waals surface area contributed by atoms with Crippen LogP contribution in [0.2, 0.25) is 0 Å². The molecule has 1 aromatic rings. The van der Waals surface area contributed by atoms with Gasteiger partial charge in [-0.05, 0) is 75.1 Å². The molecule has 0 radical (unpaired) electrons. The van der Waals surface area contributed by atoms with Gasteiger partial charge in [-0.25, -0.2) is 13.1 Å². The number of hydrogen-bond acceptors (Lipinski definition) is 3. The van der Waals surface area contributed by atoms with Crippen LogP contribution in [0.25, 0.3) is 0 Å². The molecule has 2 saturated carbocycles. The Labute approximate surface area is 127 Å². The van der Waals surface area contributed by atoms with Crippen LogP contribution in [-0.4, -0.2) is 21.0 Å². The fourth-order valence-electron chi connectivity index (χ4n) is 2.99. The SMILES string of the molecule is CC(C)NS(=O)(=O)c1ccc(NCC2(C3CC3)CC2)cc1. The van der Waals surface area contributed by atoms with Gasteiger partial charge in [0, 0.05) is 18.3 Å². The number of hydrogen-bond donors (Lipinski definition) is 2. The van der Waals surface area contributed by atoms with Crippen molar-refractivity contribution in [3.8, 4) is 0 Å². The van der Waals surface area contributed by atoms with Crippen LogP contribution in [-0.2, 0) is 10.0 Å². The number of rotatable bonds is 7. The standard InChI is InChI=1S/C16H24N2O2S/c1-12(2)18-21(19,20)15-7-5-14(6-8-15)17-11-16(9-10-16)13-3-4-13/h5-8,12-13,17-18H,3-4,9-11H2,1-2H3. The lowest BCUT2D eigenvalue weighted by Crippen LogP contribution is -2.30. The minimum absolute atomic E-state index is 0.0962. The molecule has 0 spiro atoms. The summed E-state index contributed by atoms with van der Waals surface area (Å²) in [5.74, 6) is 0.930. The molecule has 3 rings (SSSR count). The molecule has 2 aliphatic carbocycles. The zero-order valence-electron chi connectivity index (χ0n) is 12.7. The van der Waals surface area contributed by atoms with E-state index in [1.807, 2.05) is 26.0 Å². The molecular formula is C16H24N2O2S. The number of benzene rings is 1. The van der Waals surface area contributed by atoms with Crippen molar-refractivity contribution in [3.05, 3.63) is 24.3 Å². The van der Waals surface area contributed by atoms with Gasteiger partial charge >= 0.3 is 0 Å². The van der Waals surface area contributed by atoms with Gasteiger partial charge in [-0.3, -0.25) is 0 Å². The van der Waals surface area contributed by atoms with E-state index < -0.39 is 10.0 Å². The Kier molecular flexibility index (Phi) is 3.74. The smallest absolute Gasteiger partial charge is 0.240 e. The van der Waals surface area contributed by atoms with Crippen molar-refractivity contribution in [1.82, 2.24) is 4.72 Å². The molecule has 21 heavy (non-hydrogen) atoms. The van der Waals surface area contributed by atoms with E-state index in [-0.39, 0.29) is 6.04 Å². The highest BCUT2D eigenvalue weighted by atomic mass is 32.2. The van der Waals surface area contributed by atoms with Gasteiger partial charge in [0.05, 0.1) is 4.90 Å². The molecule has 0 unspecified atom stereocenters. The Morgan fingerprint density at radius 1 is 1.19 bits per heavy atom. The van der Waals surface area contributed by atoms with Crippen LogP contribution in [0.1, 0.15) is 39.5 Å². The fraction of sp³-hybridized carbons (Fsp3) is 0.625. The second-order valence-corrected chi connectivity index (χ2v) is 8.50. The van der Waals surface area contributed by atoms with Gasteiger partial charge in [0.15, 0.2) is 0 Å². The Morgan fingerprint density at radius 3 is 2.29 bits per heavy atom. The first-order chi connectivity index (χ1) is 9.91. The van der Waals surface area contributed by atoms with Crippen molar-refractivity contribution in [3.63, 3.8) is 0 Å². The predicted octanol–water partition coefficient (Wildman–Crippen LogP) is 2.98. The average Bonchev–Trinajstić information content (AvgIpc) is 3.27. The van der Waals surface area contributed by atoms with Crippen molar-refractivity contribution in [2.75, 3.05) is 11.9 Å². The van der Waals surface area contributed by atoms with Crippen LogP contribution >= 0.6 is 0 Å². The molecule has 4 nitrogen and oxygen atoms in total. The largest absolute Gasteiger partial charge is 0.384 e. The van der Waals surface area contributed by atoms with Gasteiger partial charge in [0.25, 0.3) is 0 Å². The highest BCUT2D eigenvalue weighted by Gasteiger charge is 2.53. The average molecular weight is 308 g/mol. The summed E-state index contributed by atoms with van der Waals surface area (Å²) in [4.78, 5) is 0.324. The van der Waals surface area contributed by atoms with Gasteiger partial charge in [-0.1, -0.05) is 0 Å². The van der Waals surface area contributed by atoms with E-state index >= 15 is 0 Å². The van der Waals surface area contributed by atoms with Gasteiger partial charge in [0.1, 0.15) is 0 Å². The maximum atomic E-state index is 12.0. The summed E-state index contributed by atoms with van der Waals surface area (Å²) in [5, 5.41) is 3.47. The van der Waals surface area contributed by atoms with E-state index in [0.29, 0.717) is 10.3 Å². The van der Waals surface area contributed by atoms with Crippen LogP contribution in [0.3, 0.4) is 0 Å². The molecule has 0 aromatic heterocycles. The number of anilines is 1. The maximum Gasteiger partial charge on any atom is 0.240 e. The second-order valence-electron chi connectivity index (χ2n) is 6.79. The summed E-state index contributed by atoms with van der Waals surface area (Å²) in [7, 11) is -3.39. The molecule has 2 N–H and O–H groups in total. The summed E-state index contributed by atoms with van der Waals surface area (Å²) in [6.45, 7) is 4.66. The van der Waals surface area contributed by atoms with Gasteiger partial charge in [0.2, 0.25) is 10.0 Å². The Bertz CT molecular complexity index is 600. The summed E-state index contributed by atoms with van der Waals surface area (Å²) in [6, 6.07) is 6.96. The van der Waals surface area contributed by atoms with Crippen LogP contribution < -0.4 is 10.0 Å². The highest BCUT2D eigenvalue weighted by Crippen LogP contribution is 2.61. The van der Waals surface area contributed by atoms with Gasteiger partial charge < -0.3 is 5.32 Å². The lowest BCUT2D eigenvalue weighted by atomic mass is 10.0. The van der Waals surface area contributed by atoms with Crippen molar-refractivity contribution < 1.29 is 8.42 Å². The first-order valence-electron chi connectivity index (χ1n) is 7.78. The molecule has 0 aliphatic heterocycles. The molecule has 0 saturated heterocycles. The van der Waals surface area contributed by atoms with Crippen LogP contribution in [0, 0.1) is 11.3 Å². The van der Waals surface area contributed by atoms with Crippen LogP contribution in [0.5, 0.6) is 0 Å². The molecule has 1 aromatic carbocycles. The highest BCUT2D eigenvalue weighted by molar-refractivity contribution is 7.89. The van der Waals surface area contributed by atoms with E-state index in [2.05, 4.69) is 10.0 Å². The molecule has 2 aliphatic rings. The van der Waals surface area contributed by atoms with Crippen molar-refractivity contribution in [2.45, 2.75) is 50.5 Å². The third-order valence-electron chi connectivity index (χ3n) is 4.54. The van der Waals surface area contributed by atoms with Gasteiger partial charge in [-0.2, -0.15) is 0 Å². The van der Waals surface area contributed by atoms with Crippen LogP contribution in [0.15, 0.2) is 29.2 Å². The lowest BCUT2D eigenvalue weighted by Gasteiger charge is -2.16. The molecule has 0 bridgehead atoms. The quantitative estimate of drug-likeness (QED) is 0.814. The predicted molar refractivity (Wildman–Crippen MR) is 84.8 cm³/mol. The second kappa shape index (κ2) is 5.29. The van der Waals surface area contributed by atoms with E-state index in [9.17, 15) is 8.42 Å². The first kappa shape index (κ1) is 14.9. The van der Waals surface area contributed by atoms with Crippen molar-refractivity contribution in [1.29, 1.82) is 0 Å². The monoisotopic (exact) mass is 308 g/mol. The Balaban J connectivity index is 1.61. The number of sulfonamides is 1. The molecule has 2 fully saturated rings. The summed E-state index contributed by atoms with van der Waals surface area (Å²) in [6.07, 6.45) is 5.46. The molecular weight excluding hydrogens is 284 g/mol. The minimum Gasteiger partial charge on any atom is -0.384 e. The number of nitrogens with one attached hydrogen (secondary N) is 2. The van der Waals surface area contributed by atoms with Crippen molar-refractivity contribution in [2.24, 2.45) is 11.3 Å². The molecule has 0 heterocycles. The molecule has 5 heteroatoms. The zero-order chi connectivity index (χ0) is 15.1. The summed E-state index contributed by atoms with van der Waals surface area (Å²) in [5.41, 5.74) is 1.55. The first-order valence-corrected chi connectivity index (χ1v) is 9.26. The van der Waals surface area contributed by atoms with Crippen molar-refractivity contribution >= 4 is 15.7 Å². The Morgan fingerprint density at radius 2 is 1.81 bits per heavy atom. The van der Waals surface area contributed by atoms with E-state index in [1.54, 1.807) is 12.1 Å². The lowest BCUT2D eigenvalue weighted by molar-refractivity contribution is 0.467. The maximum absolute atomic E-state index is 12.0. The molecule has 116 valence electrons.